The predicted octanol–water partition coefficient (Wildman–Crippen LogP) is 4.33. The SMILES string of the molecule is C=C(C)C(CCC(C)=CC(=O)OC)NC(=O)COc1ccc(Cl)cc1Cl. The molecule has 0 spiro atoms. The Hall–Kier alpha value is -1.98. The van der Waals surface area contributed by atoms with Crippen molar-refractivity contribution in [2.24, 2.45) is 0 Å². The number of allylic oxidation sites excluding steroid dienone is 1. The van der Waals surface area contributed by atoms with Crippen LogP contribution in [-0.2, 0) is 14.3 Å². The van der Waals surface area contributed by atoms with Crippen molar-refractivity contribution < 1.29 is 19.1 Å². The van der Waals surface area contributed by atoms with Crippen molar-refractivity contribution in [3.8, 4) is 5.75 Å². The highest BCUT2D eigenvalue weighted by molar-refractivity contribution is 6.35. The Bertz CT molecular complexity index is 701. The number of methoxy groups -OCH3 is 1. The molecule has 0 heterocycles. The van der Waals surface area contributed by atoms with Crippen LogP contribution < -0.4 is 10.1 Å². The molecule has 1 amide bonds. The highest BCUT2D eigenvalue weighted by Gasteiger charge is 2.14. The van der Waals surface area contributed by atoms with Crippen LogP contribution in [0.25, 0.3) is 0 Å². The van der Waals surface area contributed by atoms with E-state index < -0.39 is 5.97 Å². The van der Waals surface area contributed by atoms with Crippen molar-refractivity contribution in [3.63, 3.8) is 0 Å². The number of rotatable bonds is 9. The average molecular weight is 400 g/mol. The van der Waals surface area contributed by atoms with E-state index in [0.29, 0.717) is 28.6 Å². The molecule has 7 heteroatoms. The Labute approximate surface area is 164 Å². The van der Waals surface area contributed by atoms with Gasteiger partial charge in [0.1, 0.15) is 5.75 Å². The van der Waals surface area contributed by atoms with Gasteiger partial charge in [-0.2, -0.15) is 0 Å². The summed E-state index contributed by atoms with van der Waals surface area (Å²) in [5, 5.41) is 3.69. The minimum Gasteiger partial charge on any atom is -0.482 e. The van der Waals surface area contributed by atoms with E-state index in [1.54, 1.807) is 18.2 Å². The van der Waals surface area contributed by atoms with Crippen molar-refractivity contribution in [1.82, 2.24) is 5.32 Å². The van der Waals surface area contributed by atoms with Crippen molar-refractivity contribution in [2.45, 2.75) is 32.7 Å². The van der Waals surface area contributed by atoms with Crippen LogP contribution in [0.4, 0.5) is 0 Å². The predicted molar refractivity (Wildman–Crippen MR) is 104 cm³/mol. The maximum absolute atomic E-state index is 12.1. The molecular weight excluding hydrogens is 377 g/mol. The molecule has 0 aliphatic carbocycles. The quantitative estimate of drug-likeness (QED) is 0.381. The number of amides is 1. The minimum absolute atomic E-state index is 0.178. The van der Waals surface area contributed by atoms with Crippen LogP contribution in [-0.4, -0.2) is 31.6 Å². The maximum atomic E-state index is 12.1. The molecule has 5 nitrogen and oxygen atoms in total. The fourth-order valence-corrected chi connectivity index (χ4v) is 2.58. The number of nitrogens with one attached hydrogen (secondary N) is 1. The first kappa shape index (κ1) is 22.1. The molecule has 0 fully saturated rings. The molecular formula is C19H23Cl2NO4. The maximum Gasteiger partial charge on any atom is 0.330 e. The fraction of sp³-hybridized carbons (Fsp3) is 0.368. The van der Waals surface area contributed by atoms with Gasteiger partial charge in [0.15, 0.2) is 6.61 Å². The van der Waals surface area contributed by atoms with Crippen molar-refractivity contribution in [1.29, 1.82) is 0 Å². The van der Waals surface area contributed by atoms with E-state index in [1.807, 2.05) is 13.8 Å². The zero-order chi connectivity index (χ0) is 19.7. The highest BCUT2D eigenvalue weighted by atomic mass is 35.5. The number of carbonyl (C=O) groups excluding carboxylic acids is 2. The molecule has 0 saturated heterocycles. The topological polar surface area (TPSA) is 64.6 Å². The summed E-state index contributed by atoms with van der Waals surface area (Å²) >= 11 is 11.8. The zero-order valence-electron chi connectivity index (χ0n) is 15.1. The van der Waals surface area contributed by atoms with Gasteiger partial charge < -0.3 is 14.8 Å². The van der Waals surface area contributed by atoms with Gasteiger partial charge in [-0.1, -0.05) is 40.9 Å². The number of carbonyl (C=O) groups is 2. The van der Waals surface area contributed by atoms with E-state index >= 15 is 0 Å². The molecule has 26 heavy (non-hydrogen) atoms. The molecule has 0 aliphatic rings. The molecule has 1 aromatic carbocycles. The van der Waals surface area contributed by atoms with Crippen LogP contribution >= 0.6 is 23.2 Å². The Balaban J connectivity index is 2.55. The Morgan fingerprint density at radius 3 is 2.58 bits per heavy atom. The van der Waals surface area contributed by atoms with E-state index in [4.69, 9.17) is 27.9 Å². The molecule has 142 valence electrons. The van der Waals surface area contributed by atoms with Crippen molar-refractivity contribution in [3.05, 3.63) is 52.0 Å². The number of benzene rings is 1. The normalized spacial score (nSPS) is 12.3. The standard InChI is InChI=1S/C19H23Cl2NO4/c1-12(2)16(7-5-13(3)9-19(24)25-4)22-18(23)11-26-17-8-6-14(20)10-15(17)21/h6,8-10,16H,1,5,7,11H2,2-4H3,(H,22,23). The van der Waals surface area contributed by atoms with Crippen molar-refractivity contribution >= 4 is 35.1 Å². The number of halogens is 2. The largest absolute Gasteiger partial charge is 0.482 e. The first-order valence-electron chi connectivity index (χ1n) is 8.00. The van der Waals surface area contributed by atoms with Gasteiger partial charge in [0.2, 0.25) is 0 Å². The van der Waals surface area contributed by atoms with Crippen LogP contribution in [0.15, 0.2) is 42.0 Å². The highest BCUT2D eigenvalue weighted by Crippen LogP contribution is 2.27. The van der Waals surface area contributed by atoms with Crippen LogP contribution in [0.2, 0.25) is 10.0 Å². The molecule has 0 radical (unpaired) electrons. The molecule has 1 rings (SSSR count). The van der Waals surface area contributed by atoms with Crippen LogP contribution in [0, 0.1) is 0 Å². The third kappa shape index (κ3) is 7.93. The molecule has 0 saturated carbocycles. The molecule has 0 aromatic heterocycles. The Morgan fingerprint density at radius 2 is 2.00 bits per heavy atom. The first-order chi connectivity index (χ1) is 12.2. The summed E-state index contributed by atoms with van der Waals surface area (Å²) in [6.45, 7) is 7.39. The van der Waals surface area contributed by atoms with Gasteiger partial charge in [0.25, 0.3) is 5.91 Å². The van der Waals surface area contributed by atoms with Gasteiger partial charge in [-0.25, -0.2) is 4.79 Å². The monoisotopic (exact) mass is 399 g/mol. The molecule has 0 aliphatic heterocycles. The van der Waals surface area contributed by atoms with Crippen molar-refractivity contribution in [2.75, 3.05) is 13.7 Å². The lowest BCUT2D eigenvalue weighted by atomic mass is 10.0. The van der Waals surface area contributed by atoms with Gasteiger partial charge in [-0.15, -0.1) is 0 Å². The smallest absolute Gasteiger partial charge is 0.330 e. The summed E-state index contributed by atoms with van der Waals surface area (Å²) in [5.41, 5.74) is 1.68. The molecule has 1 N–H and O–H groups in total. The number of hydrogen-bond donors (Lipinski definition) is 1. The van der Waals surface area contributed by atoms with Crippen LogP contribution in [0.1, 0.15) is 26.7 Å². The molecule has 1 atom stereocenters. The van der Waals surface area contributed by atoms with E-state index in [2.05, 4.69) is 16.6 Å². The summed E-state index contributed by atoms with van der Waals surface area (Å²) < 4.78 is 10.0. The van der Waals surface area contributed by atoms with Crippen LogP contribution in [0.5, 0.6) is 5.75 Å². The van der Waals surface area contributed by atoms with E-state index in [-0.39, 0.29) is 18.6 Å². The zero-order valence-corrected chi connectivity index (χ0v) is 16.6. The van der Waals surface area contributed by atoms with Gasteiger partial charge in [0, 0.05) is 17.1 Å². The lowest BCUT2D eigenvalue weighted by molar-refractivity contribution is -0.135. The summed E-state index contributed by atoms with van der Waals surface area (Å²) in [6.07, 6.45) is 2.67. The van der Waals surface area contributed by atoms with E-state index in [1.165, 1.54) is 13.2 Å². The summed E-state index contributed by atoms with van der Waals surface area (Å²) in [4.78, 5) is 23.4. The second-order valence-corrected chi connectivity index (χ2v) is 6.73. The van der Waals surface area contributed by atoms with Crippen LogP contribution in [0.3, 0.4) is 0 Å². The van der Waals surface area contributed by atoms with E-state index in [9.17, 15) is 9.59 Å². The molecule has 0 bridgehead atoms. The summed E-state index contributed by atoms with van der Waals surface area (Å²) in [7, 11) is 1.33. The van der Waals surface area contributed by atoms with Gasteiger partial charge >= 0.3 is 5.97 Å². The first-order valence-corrected chi connectivity index (χ1v) is 8.76. The lowest BCUT2D eigenvalue weighted by Gasteiger charge is -2.19. The Morgan fingerprint density at radius 1 is 1.31 bits per heavy atom. The third-order valence-electron chi connectivity index (χ3n) is 3.58. The summed E-state index contributed by atoms with van der Waals surface area (Å²) in [6, 6.07) is 4.56. The number of hydrogen-bond acceptors (Lipinski definition) is 4. The lowest BCUT2D eigenvalue weighted by Crippen LogP contribution is -2.38. The van der Waals surface area contributed by atoms with Gasteiger partial charge in [-0.3, -0.25) is 4.79 Å². The second-order valence-electron chi connectivity index (χ2n) is 5.88. The average Bonchev–Trinajstić information content (AvgIpc) is 2.57. The fourth-order valence-electron chi connectivity index (χ4n) is 2.12. The number of ether oxygens (including phenoxy) is 2. The Kier molecular flexibility index (Phi) is 9.24. The number of esters is 1. The van der Waals surface area contributed by atoms with Gasteiger partial charge in [-0.05, 0) is 44.9 Å². The van der Waals surface area contributed by atoms with E-state index in [0.717, 1.165) is 11.1 Å². The third-order valence-corrected chi connectivity index (χ3v) is 4.11. The molecule has 1 unspecified atom stereocenters. The minimum atomic E-state index is -0.397. The summed E-state index contributed by atoms with van der Waals surface area (Å²) in [5.74, 6) is -0.305. The molecule has 1 aromatic rings. The van der Waals surface area contributed by atoms with Gasteiger partial charge in [0.05, 0.1) is 12.1 Å². The second kappa shape index (κ2) is 10.9.